The number of anilines is 1. The predicted molar refractivity (Wildman–Crippen MR) is 163 cm³/mol. The van der Waals surface area contributed by atoms with E-state index in [4.69, 9.17) is 14.7 Å². The van der Waals surface area contributed by atoms with E-state index in [2.05, 4.69) is 63.6 Å². The van der Waals surface area contributed by atoms with E-state index in [-0.39, 0.29) is 24.4 Å². The SMILES string of the molecule is C=CC(=O)N1CCN(c2c(C#N)c(OC[C@@H]3CCCN3C)nc3c2CCN(C2=CC=CC4=NCCCN24)C3)C[C@@H]1CC#N. The molecule has 1 amide bonds. The smallest absolute Gasteiger partial charge is 0.246 e. The van der Waals surface area contributed by atoms with Crippen molar-refractivity contribution in [3.05, 3.63) is 53.5 Å². The zero-order valence-electron chi connectivity index (χ0n) is 24.9. The second kappa shape index (κ2) is 12.5. The van der Waals surface area contributed by atoms with Gasteiger partial charge in [-0.15, -0.1) is 0 Å². The molecule has 5 aliphatic rings. The molecule has 0 aliphatic carbocycles. The fourth-order valence-corrected chi connectivity index (χ4v) is 6.98. The fourth-order valence-electron chi connectivity index (χ4n) is 6.98. The molecule has 1 aromatic heterocycles. The van der Waals surface area contributed by atoms with E-state index in [0.29, 0.717) is 50.7 Å². The van der Waals surface area contributed by atoms with Crippen LogP contribution in [0.3, 0.4) is 0 Å². The van der Waals surface area contributed by atoms with Crippen LogP contribution in [0.4, 0.5) is 5.69 Å². The third kappa shape index (κ3) is 5.57. The third-order valence-corrected chi connectivity index (χ3v) is 9.25. The molecule has 6 rings (SSSR count). The van der Waals surface area contributed by atoms with E-state index in [9.17, 15) is 15.3 Å². The van der Waals surface area contributed by atoms with Crippen LogP contribution in [0.5, 0.6) is 5.88 Å². The van der Waals surface area contributed by atoms with Gasteiger partial charge in [0, 0.05) is 50.9 Å². The number of piperazine rings is 1. The summed E-state index contributed by atoms with van der Waals surface area (Å²) in [6, 6.07) is 4.67. The highest BCUT2D eigenvalue weighted by molar-refractivity contribution is 5.95. The Morgan fingerprint density at radius 1 is 1.16 bits per heavy atom. The van der Waals surface area contributed by atoms with Crippen molar-refractivity contribution in [1.82, 2.24) is 24.6 Å². The standard InChI is InChI=1S/C32H39N9O2/c1-3-30(42)40-18-17-39(20-23(40)10-12-33)31-25-11-16-38(29-9-4-8-28-35-13-6-15-41(28)29)21-27(25)36-32(26(31)19-34)43-22-24-7-5-14-37(24)2/h3-4,8-9,23-24H,1,5-7,10-11,13-18,20-22H2,2H3/t23-,24-/m0/s1. The highest BCUT2D eigenvalue weighted by Gasteiger charge is 2.36. The van der Waals surface area contributed by atoms with Gasteiger partial charge < -0.3 is 29.2 Å². The van der Waals surface area contributed by atoms with Gasteiger partial charge >= 0.3 is 0 Å². The summed E-state index contributed by atoms with van der Waals surface area (Å²) in [6.07, 6.45) is 11.7. The third-order valence-electron chi connectivity index (χ3n) is 9.25. The van der Waals surface area contributed by atoms with Crippen LogP contribution in [0.15, 0.2) is 41.7 Å². The number of amides is 1. The summed E-state index contributed by atoms with van der Waals surface area (Å²) in [5.41, 5.74) is 3.24. The zero-order chi connectivity index (χ0) is 29.9. The van der Waals surface area contributed by atoms with E-state index in [1.54, 1.807) is 4.90 Å². The van der Waals surface area contributed by atoms with Gasteiger partial charge in [0.2, 0.25) is 11.8 Å². The molecule has 1 aromatic rings. The van der Waals surface area contributed by atoms with Crippen molar-refractivity contribution in [3.8, 4) is 18.0 Å². The molecule has 0 N–H and O–H groups in total. The van der Waals surface area contributed by atoms with Crippen LogP contribution in [-0.4, -0.2) is 108 Å². The van der Waals surface area contributed by atoms with Gasteiger partial charge in [-0.05, 0) is 57.5 Å². The number of likely N-dealkylation sites (tertiary alicyclic amines) is 1. The molecule has 2 atom stereocenters. The number of hydrogen-bond donors (Lipinski definition) is 0. The molecule has 2 saturated heterocycles. The topological polar surface area (TPSA) is 115 Å². The average Bonchev–Trinajstić information content (AvgIpc) is 3.46. The predicted octanol–water partition coefficient (Wildman–Crippen LogP) is 2.42. The summed E-state index contributed by atoms with van der Waals surface area (Å²) in [6.45, 7) is 9.76. The van der Waals surface area contributed by atoms with Gasteiger partial charge in [0.15, 0.2) is 0 Å². The Balaban J connectivity index is 1.36. The first kappa shape index (κ1) is 28.8. The number of amidine groups is 1. The van der Waals surface area contributed by atoms with Crippen molar-refractivity contribution < 1.29 is 9.53 Å². The number of carbonyl (C=O) groups excluding carboxylic acids is 1. The van der Waals surface area contributed by atoms with E-state index in [1.807, 2.05) is 0 Å². The molecule has 43 heavy (non-hydrogen) atoms. The maximum absolute atomic E-state index is 12.6. The Bertz CT molecular complexity index is 1450. The number of pyridine rings is 1. The normalized spacial score (nSPS) is 23.5. The Labute approximate surface area is 253 Å². The molecule has 0 aromatic carbocycles. The van der Waals surface area contributed by atoms with Gasteiger partial charge in [0.1, 0.15) is 29.9 Å². The summed E-state index contributed by atoms with van der Waals surface area (Å²) in [7, 11) is 2.11. The van der Waals surface area contributed by atoms with Crippen LogP contribution in [0.1, 0.15) is 42.5 Å². The van der Waals surface area contributed by atoms with E-state index in [1.165, 1.54) is 6.08 Å². The lowest BCUT2D eigenvalue weighted by molar-refractivity contribution is -0.128. The Kier molecular flexibility index (Phi) is 8.35. The molecule has 5 aliphatic heterocycles. The minimum atomic E-state index is -0.299. The number of rotatable bonds is 7. The number of nitrogens with zero attached hydrogens (tertiary/aromatic N) is 9. The lowest BCUT2D eigenvalue weighted by Gasteiger charge is -2.44. The molecule has 6 heterocycles. The van der Waals surface area contributed by atoms with E-state index in [0.717, 1.165) is 74.0 Å². The number of ether oxygens (including phenoxy) is 1. The molecule has 0 bridgehead atoms. The van der Waals surface area contributed by atoms with Crippen molar-refractivity contribution in [2.75, 3.05) is 64.4 Å². The average molecular weight is 582 g/mol. The summed E-state index contributed by atoms with van der Waals surface area (Å²) < 4.78 is 6.39. The van der Waals surface area contributed by atoms with Gasteiger partial charge in [0.05, 0.1) is 36.5 Å². The summed E-state index contributed by atoms with van der Waals surface area (Å²) in [5, 5.41) is 20.1. The Hall–Kier alpha value is -4.35. The summed E-state index contributed by atoms with van der Waals surface area (Å²) in [5.74, 6) is 2.33. The monoisotopic (exact) mass is 581 g/mol. The first-order valence-corrected chi connectivity index (χ1v) is 15.3. The largest absolute Gasteiger partial charge is 0.475 e. The molecule has 0 saturated carbocycles. The molecule has 224 valence electrons. The zero-order valence-corrected chi connectivity index (χ0v) is 24.9. The quantitative estimate of drug-likeness (QED) is 0.448. The van der Waals surface area contributed by atoms with Crippen LogP contribution in [0.2, 0.25) is 0 Å². The minimum absolute atomic E-state index is 0.173. The molecular formula is C32H39N9O2. The van der Waals surface area contributed by atoms with Gasteiger partial charge in [-0.2, -0.15) is 10.5 Å². The molecule has 0 spiro atoms. The van der Waals surface area contributed by atoms with Crippen molar-refractivity contribution in [2.24, 2.45) is 4.99 Å². The Morgan fingerprint density at radius 3 is 2.81 bits per heavy atom. The van der Waals surface area contributed by atoms with Crippen LogP contribution in [-0.2, 0) is 17.8 Å². The van der Waals surface area contributed by atoms with Crippen molar-refractivity contribution >= 4 is 17.4 Å². The highest BCUT2D eigenvalue weighted by Crippen LogP contribution is 2.39. The fraction of sp³-hybridized carbons (Fsp3) is 0.531. The minimum Gasteiger partial charge on any atom is -0.475 e. The molecule has 11 heteroatoms. The van der Waals surface area contributed by atoms with Crippen LogP contribution < -0.4 is 9.64 Å². The van der Waals surface area contributed by atoms with E-state index < -0.39 is 0 Å². The first-order chi connectivity index (χ1) is 21.0. The summed E-state index contributed by atoms with van der Waals surface area (Å²) >= 11 is 0. The number of carbonyl (C=O) groups is 1. The number of nitriles is 2. The van der Waals surface area contributed by atoms with Gasteiger partial charge in [-0.3, -0.25) is 9.79 Å². The first-order valence-electron chi connectivity index (χ1n) is 15.3. The van der Waals surface area contributed by atoms with Crippen molar-refractivity contribution in [2.45, 2.75) is 50.7 Å². The lowest BCUT2D eigenvalue weighted by Crippen LogP contribution is -2.55. The van der Waals surface area contributed by atoms with Crippen molar-refractivity contribution in [3.63, 3.8) is 0 Å². The second-order valence-electron chi connectivity index (χ2n) is 11.8. The van der Waals surface area contributed by atoms with E-state index >= 15 is 0 Å². The maximum Gasteiger partial charge on any atom is 0.246 e. The number of fused-ring (bicyclic) bond motifs is 2. The number of hydrogen-bond acceptors (Lipinski definition) is 10. The maximum atomic E-state index is 12.6. The van der Waals surface area contributed by atoms with Gasteiger partial charge in [-0.1, -0.05) is 12.7 Å². The molecular weight excluding hydrogens is 542 g/mol. The van der Waals surface area contributed by atoms with Crippen LogP contribution in [0.25, 0.3) is 0 Å². The van der Waals surface area contributed by atoms with Crippen LogP contribution in [0, 0.1) is 22.7 Å². The number of likely N-dealkylation sites (N-methyl/N-ethyl adjacent to an activating group) is 1. The second-order valence-corrected chi connectivity index (χ2v) is 11.8. The molecule has 11 nitrogen and oxygen atoms in total. The number of aliphatic imine (C=N–C) groups is 1. The van der Waals surface area contributed by atoms with Gasteiger partial charge in [0.25, 0.3) is 0 Å². The highest BCUT2D eigenvalue weighted by atomic mass is 16.5. The Morgan fingerprint density at radius 2 is 2.05 bits per heavy atom. The van der Waals surface area contributed by atoms with Crippen molar-refractivity contribution in [1.29, 1.82) is 10.5 Å². The number of allylic oxidation sites excluding steroid dienone is 2. The number of aromatic nitrogens is 1. The summed E-state index contributed by atoms with van der Waals surface area (Å²) in [4.78, 5) is 33.2. The lowest BCUT2D eigenvalue weighted by atomic mass is 9.97. The molecule has 0 unspecified atom stereocenters. The molecule has 2 fully saturated rings. The molecule has 0 radical (unpaired) electrons. The van der Waals surface area contributed by atoms with Gasteiger partial charge in [-0.25, -0.2) is 4.98 Å². The van der Waals surface area contributed by atoms with Crippen LogP contribution >= 0.6 is 0 Å².